The van der Waals surface area contributed by atoms with Crippen molar-refractivity contribution in [3.63, 3.8) is 0 Å². The van der Waals surface area contributed by atoms with Crippen LogP contribution in [0.25, 0.3) is 17.0 Å². The highest BCUT2D eigenvalue weighted by molar-refractivity contribution is 7.92. The Morgan fingerprint density at radius 3 is 2.77 bits per heavy atom. The standard InChI is InChI=1S/C17H16ClF2N7O2S/c1-10-15(25-30(3,28)8-12-7-26(2)9-21-12)27-5-4-11(6-13(27)22-10)14-23-16(29-24-14)17(18,19)20/h4-7,9H,8H2,1-3H3. The number of aromatic nitrogens is 6. The summed E-state index contributed by atoms with van der Waals surface area (Å²) in [7, 11) is -0.801. The minimum absolute atomic E-state index is 0.0543. The van der Waals surface area contributed by atoms with Crippen LogP contribution in [-0.4, -0.2) is 39.5 Å². The lowest BCUT2D eigenvalue weighted by molar-refractivity contribution is 0.0551. The summed E-state index contributed by atoms with van der Waals surface area (Å²) in [6, 6.07) is 3.17. The van der Waals surface area contributed by atoms with E-state index in [0.29, 0.717) is 28.4 Å². The average Bonchev–Trinajstić information content (AvgIpc) is 3.34. The predicted octanol–water partition coefficient (Wildman–Crippen LogP) is 3.64. The second-order valence-corrected chi connectivity index (χ2v) is 9.68. The first-order valence-electron chi connectivity index (χ1n) is 8.58. The lowest BCUT2D eigenvalue weighted by Gasteiger charge is -2.04. The van der Waals surface area contributed by atoms with Crippen molar-refractivity contribution >= 4 is 32.8 Å². The molecule has 1 atom stereocenters. The van der Waals surface area contributed by atoms with Crippen LogP contribution in [0.4, 0.5) is 14.6 Å². The number of alkyl halides is 3. The summed E-state index contributed by atoms with van der Waals surface area (Å²) in [5.74, 6) is -0.423. The molecule has 9 nitrogen and oxygen atoms in total. The summed E-state index contributed by atoms with van der Waals surface area (Å²) in [4.78, 5) is 12.2. The summed E-state index contributed by atoms with van der Waals surface area (Å²) in [5.41, 5.74) is 2.09. The van der Waals surface area contributed by atoms with Gasteiger partial charge < -0.3 is 9.09 Å². The van der Waals surface area contributed by atoms with Crippen LogP contribution in [0.3, 0.4) is 0 Å². The van der Waals surface area contributed by atoms with Crippen molar-refractivity contribution in [1.82, 2.24) is 29.1 Å². The van der Waals surface area contributed by atoms with Gasteiger partial charge in [0.15, 0.2) is 5.82 Å². The number of rotatable bonds is 5. The number of nitrogens with zero attached hydrogens (tertiary/aromatic N) is 7. The fourth-order valence-corrected chi connectivity index (χ4v) is 4.31. The van der Waals surface area contributed by atoms with Crippen molar-refractivity contribution < 1.29 is 17.5 Å². The molecule has 0 amide bonds. The second kappa shape index (κ2) is 7.13. The predicted molar refractivity (Wildman–Crippen MR) is 106 cm³/mol. The van der Waals surface area contributed by atoms with Crippen molar-refractivity contribution in [3.05, 3.63) is 48.1 Å². The third-order valence-electron chi connectivity index (χ3n) is 4.15. The Labute approximate surface area is 174 Å². The molecule has 4 aromatic heterocycles. The van der Waals surface area contributed by atoms with Crippen LogP contribution in [0.15, 0.2) is 39.7 Å². The number of hydrogen-bond acceptors (Lipinski definition) is 7. The average molecular weight is 456 g/mol. The highest BCUT2D eigenvalue weighted by Gasteiger charge is 2.35. The van der Waals surface area contributed by atoms with Crippen LogP contribution in [0.5, 0.6) is 0 Å². The fourth-order valence-electron chi connectivity index (χ4n) is 2.89. The van der Waals surface area contributed by atoms with E-state index in [-0.39, 0.29) is 11.6 Å². The van der Waals surface area contributed by atoms with Gasteiger partial charge in [-0.2, -0.15) is 18.1 Å². The van der Waals surface area contributed by atoms with Gasteiger partial charge in [0.2, 0.25) is 5.82 Å². The molecule has 0 aliphatic heterocycles. The van der Waals surface area contributed by atoms with Crippen LogP contribution in [0.2, 0.25) is 0 Å². The van der Waals surface area contributed by atoms with E-state index in [1.807, 2.05) is 7.05 Å². The van der Waals surface area contributed by atoms with Gasteiger partial charge in [0.25, 0.3) is 0 Å². The molecule has 0 aromatic carbocycles. The number of hydrogen-bond donors (Lipinski definition) is 0. The molecule has 1 unspecified atom stereocenters. The molecule has 30 heavy (non-hydrogen) atoms. The van der Waals surface area contributed by atoms with Crippen LogP contribution >= 0.6 is 11.6 Å². The maximum atomic E-state index is 13.1. The summed E-state index contributed by atoms with van der Waals surface area (Å²) >= 11 is 4.91. The van der Waals surface area contributed by atoms with E-state index in [0.717, 1.165) is 0 Å². The van der Waals surface area contributed by atoms with Gasteiger partial charge in [0.05, 0.1) is 33.2 Å². The molecule has 0 spiro atoms. The summed E-state index contributed by atoms with van der Waals surface area (Å²) in [6.07, 6.45) is 6.60. The number of halogens is 3. The molecule has 0 fully saturated rings. The highest BCUT2D eigenvalue weighted by Crippen LogP contribution is 2.32. The Morgan fingerprint density at radius 2 is 2.13 bits per heavy atom. The Kier molecular flexibility index (Phi) is 4.85. The first-order valence-corrected chi connectivity index (χ1v) is 11.1. The first kappa shape index (κ1) is 20.4. The number of fused-ring (bicyclic) bond motifs is 1. The van der Waals surface area contributed by atoms with E-state index in [9.17, 15) is 13.0 Å². The van der Waals surface area contributed by atoms with Crippen LogP contribution in [-0.2, 0) is 27.9 Å². The molecule has 4 rings (SSSR count). The number of aryl methyl sites for hydroxylation is 2. The van der Waals surface area contributed by atoms with Gasteiger partial charge in [-0.3, -0.25) is 4.40 Å². The van der Waals surface area contributed by atoms with E-state index >= 15 is 0 Å². The quantitative estimate of drug-likeness (QED) is 0.425. The van der Waals surface area contributed by atoms with E-state index in [1.165, 1.54) is 0 Å². The minimum atomic E-state index is -3.75. The normalized spacial score (nSPS) is 14.2. The molecular formula is C17H16ClF2N7O2S. The Balaban J connectivity index is 1.72. The topological polar surface area (TPSA) is 103 Å². The lowest BCUT2D eigenvalue weighted by Crippen LogP contribution is -2.03. The molecule has 13 heteroatoms. The largest absolute Gasteiger partial charge is 0.400 e. The molecule has 0 aliphatic rings. The van der Waals surface area contributed by atoms with Gasteiger partial charge in [0, 0.05) is 31.3 Å². The Morgan fingerprint density at radius 1 is 1.37 bits per heavy atom. The summed E-state index contributed by atoms with van der Waals surface area (Å²) in [5, 5.41) is -0.218. The zero-order chi connectivity index (χ0) is 21.7. The van der Waals surface area contributed by atoms with E-state index in [2.05, 4.69) is 29.0 Å². The third-order valence-corrected chi connectivity index (χ3v) is 5.70. The van der Waals surface area contributed by atoms with Crippen molar-refractivity contribution in [3.8, 4) is 11.4 Å². The molecule has 0 radical (unpaired) electrons. The van der Waals surface area contributed by atoms with Crippen LogP contribution in [0.1, 0.15) is 17.3 Å². The minimum Gasteiger partial charge on any atom is -0.340 e. The zero-order valence-electron chi connectivity index (χ0n) is 16.1. The molecule has 0 saturated carbocycles. The maximum absolute atomic E-state index is 13.1. The fraction of sp³-hybridized carbons (Fsp3) is 0.294. The lowest BCUT2D eigenvalue weighted by atomic mass is 10.2. The van der Waals surface area contributed by atoms with Crippen molar-refractivity contribution in [2.45, 2.75) is 18.1 Å². The van der Waals surface area contributed by atoms with Crippen LogP contribution in [0, 0.1) is 6.92 Å². The SMILES string of the molecule is Cc1nc2cc(-c3noc(C(F)(F)Cl)n3)ccn2c1N=S(C)(=O)Cc1cn(C)cn1. The smallest absolute Gasteiger partial charge is 0.340 e. The Bertz CT molecular complexity index is 1360. The van der Waals surface area contributed by atoms with Gasteiger partial charge in [0.1, 0.15) is 5.65 Å². The number of imidazole rings is 2. The molecule has 0 N–H and O–H groups in total. The number of pyridine rings is 1. The second-order valence-electron chi connectivity index (χ2n) is 6.81. The van der Waals surface area contributed by atoms with Gasteiger partial charge in [-0.05, 0) is 30.7 Å². The van der Waals surface area contributed by atoms with Gasteiger partial charge in [-0.1, -0.05) is 5.16 Å². The molecule has 0 bridgehead atoms. The third kappa shape index (κ3) is 4.05. The van der Waals surface area contributed by atoms with Crippen molar-refractivity contribution in [2.24, 2.45) is 11.4 Å². The highest BCUT2D eigenvalue weighted by atomic mass is 35.5. The van der Waals surface area contributed by atoms with Gasteiger partial charge in [-0.15, -0.1) is 0 Å². The summed E-state index contributed by atoms with van der Waals surface area (Å²) in [6.45, 7) is 1.74. The molecule has 4 aromatic rings. The molecular weight excluding hydrogens is 440 g/mol. The zero-order valence-corrected chi connectivity index (χ0v) is 17.7. The van der Waals surface area contributed by atoms with Gasteiger partial charge >= 0.3 is 11.3 Å². The van der Waals surface area contributed by atoms with Crippen molar-refractivity contribution in [1.29, 1.82) is 0 Å². The first-order chi connectivity index (χ1) is 14.0. The van der Waals surface area contributed by atoms with Gasteiger partial charge in [-0.25, -0.2) is 14.2 Å². The monoisotopic (exact) mass is 455 g/mol. The summed E-state index contributed by atoms with van der Waals surface area (Å²) < 4.78 is 51.6. The van der Waals surface area contributed by atoms with Crippen LogP contribution < -0.4 is 0 Å². The van der Waals surface area contributed by atoms with Crippen molar-refractivity contribution in [2.75, 3.05) is 6.26 Å². The van der Waals surface area contributed by atoms with E-state index < -0.39 is 21.0 Å². The molecule has 158 valence electrons. The molecule has 4 heterocycles. The molecule has 0 aliphatic carbocycles. The molecule has 0 saturated heterocycles. The Hall–Kier alpha value is -2.86. The van der Waals surface area contributed by atoms with E-state index in [4.69, 9.17) is 11.6 Å². The van der Waals surface area contributed by atoms with E-state index in [1.54, 1.807) is 53.0 Å². The maximum Gasteiger partial charge on any atom is 0.400 e.